The fourth-order valence-corrected chi connectivity index (χ4v) is 2.54. The maximum Gasteiger partial charge on any atom is 0.327 e. The van der Waals surface area contributed by atoms with E-state index in [-0.39, 0.29) is 13.0 Å². The molecule has 1 aliphatic carbocycles. The lowest BCUT2D eigenvalue weighted by Gasteiger charge is -2.26. The van der Waals surface area contributed by atoms with Crippen LogP contribution in [0.1, 0.15) is 6.42 Å². The van der Waals surface area contributed by atoms with Crippen LogP contribution in [0.5, 0.6) is 5.75 Å². The standard InChI is InChI=1S/C18H19ClO6/c1-22-16(20)18(17(21)23-2)9-7-13(8-10-18)24-11-12-25-15-6-4-3-5-14(15)19/h3-9H,10-12H2,1-2H3. The molecule has 0 saturated carbocycles. The molecule has 0 aromatic heterocycles. The van der Waals surface area contributed by atoms with Gasteiger partial charge in [0.15, 0.2) is 5.41 Å². The summed E-state index contributed by atoms with van der Waals surface area (Å²) in [6.07, 6.45) is 4.73. The minimum absolute atomic E-state index is 0.101. The van der Waals surface area contributed by atoms with Gasteiger partial charge in [0.05, 0.1) is 19.2 Å². The minimum atomic E-state index is -1.47. The van der Waals surface area contributed by atoms with E-state index >= 15 is 0 Å². The molecular formula is C18H19ClO6. The van der Waals surface area contributed by atoms with Crippen LogP contribution in [0, 0.1) is 5.41 Å². The van der Waals surface area contributed by atoms with Gasteiger partial charge in [-0.15, -0.1) is 0 Å². The highest BCUT2D eigenvalue weighted by atomic mass is 35.5. The van der Waals surface area contributed by atoms with E-state index in [1.165, 1.54) is 20.3 Å². The van der Waals surface area contributed by atoms with E-state index in [9.17, 15) is 9.59 Å². The zero-order chi connectivity index (χ0) is 18.3. The summed E-state index contributed by atoms with van der Waals surface area (Å²) in [4.78, 5) is 23.9. The SMILES string of the molecule is COC(=O)C1(C(=O)OC)C=CC(OCCOc2ccccc2Cl)=CC1. The summed E-state index contributed by atoms with van der Waals surface area (Å²) >= 11 is 5.99. The average Bonchev–Trinajstić information content (AvgIpc) is 2.65. The Bertz CT molecular complexity index is 679. The average molecular weight is 367 g/mol. The highest BCUT2D eigenvalue weighted by molar-refractivity contribution is 6.32. The van der Waals surface area contributed by atoms with Crippen LogP contribution >= 0.6 is 11.6 Å². The quantitative estimate of drug-likeness (QED) is 0.420. The van der Waals surface area contributed by atoms with Crippen molar-refractivity contribution in [3.05, 3.63) is 53.3 Å². The largest absolute Gasteiger partial charge is 0.490 e. The van der Waals surface area contributed by atoms with Crippen molar-refractivity contribution in [3.63, 3.8) is 0 Å². The van der Waals surface area contributed by atoms with E-state index in [2.05, 4.69) is 0 Å². The third kappa shape index (κ3) is 4.33. The third-order valence-electron chi connectivity index (χ3n) is 3.70. The van der Waals surface area contributed by atoms with Crippen LogP contribution in [-0.2, 0) is 23.8 Å². The first-order valence-electron chi connectivity index (χ1n) is 7.60. The smallest absolute Gasteiger partial charge is 0.327 e. The molecule has 0 aliphatic heterocycles. The molecule has 0 bridgehead atoms. The van der Waals surface area contributed by atoms with Gasteiger partial charge in [-0.25, -0.2) is 0 Å². The molecule has 0 spiro atoms. The fourth-order valence-electron chi connectivity index (χ4n) is 2.35. The molecule has 0 saturated heterocycles. The molecule has 0 N–H and O–H groups in total. The Kier molecular flexibility index (Phi) is 6.47. The number of hydrogen-bond donors (Lipinski definition) is 0. The van der Waals surface area contributed by atoms with Gasteiger partial charge in [0.1, 0.15) is 24.7 Å². The second-order valence-electron chi connectivity index (χ2n) is 5.23. The number of ether oxygens (including phenoxy) is 4. The van der Waals surface area contributed by atoms with Crippen LogP contribution in [0.3, 0.4) is 0 Å². The minimum Gasteiger partial charge on any atom is -0.490 e. The van der Waals surface area contributed by atoms with Crippen LogP contribution in [0.2, 0.25) is 5.02 Å². The predicted octanol–water partition coefficient (Wildman–Crippen LogP) is 2.91. The van der Waals surface area contributed by atoms with Gasteiger partial charge < -0.3 is 18.9 Å². The van der Waals surface area contributed by atoms with E-state index in [1.54, 1.807) is 24.3 Å². The molecule has 6 nitrogen and oxygen atoms in total. The van der Waals surface area contributed by atoms with Crippen LogP contribution in [0.25, 0.3) is 0 Å². The fraction of sp³-hybridized carbons (Fsp3) is 0.333. The van der Waals surface area contributed by atoms with Crippen molar-refractivity contribution in [3.8, 4) is 5.75 Å². The number of carbonyl (C=O) groups excluding carboxylic acids is 2. The first kappa shape index (κ1) is 18.9. The van der Waals surface area contributed by atoms with Crippen LogP contribution in [-0.4, -0.2) is 39.4 Å². The molecule has 0 unspecified atom stereocenters. The Balaban J connectivity index is 1.88. The molecule has 0 atom stereocenters. The number of esters is 2. The number of methoxy groups -OCH3 is 2. The van der Waals surface area contributed by atoms with Crippen molar-refractivity contribution in [1.29, 1.82) is 0 Å². The topological polar surface area (TPSA) is 71.1 Å². The molecule has 2 rings (SSSR count). The van der Waals surface area contributed by atoms with Gasteiger partial charge >= 0.3 is 11.9 Å². The molecule has 1 aliphatic rings. The Morgan fingerprint density at radius 1 is 1.08 bits per heavy atom. The third-order valence-corrected chi connectivity index (χ3v) is 4.02. The van der Waals surface area contributed by atoms with Gasteiger partial charge in [0, 0.05) is 0 Å². The summed E-state index contributed by atoms with van der Waals surface area (Å²) in [5, 5.41) is 0.528. The number of para-hydroxylation sites is 1. The highest BCUT2D eigenvalue weighted by Gasteiger charge is 2.46. The predicted molar refractivity (Wildman–Crippen MR) is 91.2 cm³/mol. The first-order chi connectivity index (χ1) is 12.0. The molecule has 7 heteroatoms. The van der Waals surface area contributed by atoms with Crippen molar-refractivity contribution < 1.29 is 28.5 Å². The zero-order valence-corrected chi connectivity index (χ0v) is 14.7. The van der Waals surface area contributed by atoms with Crippen LogP contribution in [0.4, 0.5) is 0 Å². The van der Waals surface area contributed by atoms with Gasteiger partial charge in [-0.2, -0.15) is 0 Å². The van der Waals surface area contributed by atoms with Crippen molar-refractivity contribution in [1.82, 2.24) is 0 Å². The summed E-state index contributed by atoms with van der Waals surface area (Å²) in [6, 6.07) is 7.15. The van der Waals surface area contributed by atoms with Crippen molar-refractivity contribution in [2.45, 2.75) is 6.42 Å². The lowest BCUT2D eigenvalue weighted by Crippen LogP contribution is -2.40. The van der Waals surface area contributed by atoms with Gasteiger partial charge in [0.2, 0.25) is 0 Å². The Labute approximate surface area is 151 Å². The van der Waals surface area contributed by atoms with Gasteiger partial charge in [-0.1, -0.05) is 29.8 Å². The monoisotopic (exact) mass is 366 g/mol. The molecule has 134 valence electrons. The molecule has 1 aromatic rings. The summed E-state index contributed by atoms with van der Waals surface area (Å²) in [6.45, 7) is 0.582. The summed E-state index contributed by atoms with van der Waals surface area (Å²) in [5.74, 6) is -0.233. The molecule has 25 heavy (non-hydrogen) atoms. The van der Waals surface area contributed by atoms with Crippen molar-refractivity contribution in [2.24, 2.45) is 5.41 Å². The number of allylic oxidation sites excluding steroid dienone is 2. The number of carbonyl (C=O) groups is 2. The molecule has 0 fully saturated rings. The van der Waals surface area contributed by atoms with E-state index in [0.29, 0.717) is 23.1 Å². The Morgan fingerprint density at radius 3 is 2.28 bits per heavy atom. The van der Waals surface area contributed by atoms with Crippen LogP contribution < -0.4 is 4.74 Å². The second-order valence-corrected chi connectivity index (χ2v) is 5.63. The molecule has 0 radical (unpaired) electrons. The maximum absolute atomic E-state index is 12.0. The van der Waals surface area contributed by atoms with Gasteiger partial charge in [-0.3, -0.25) is 9.59 Å². The summed E-state index contributed by atoms with van der Waals surface area (Å²) in [5.41, 5.74) is -1.47. The molecule has 0 heterocycles. The normalized spacial score (nSPS) is 15.1. The van der Waals surface area contributed by atoms with E-state index in [0.717, 1.165) is 0 Å². The number of halogens is 1. The maximum atomic E-state index is 12.0. The number of benzene rings is 1. The lowest BCUT2D eigenvalue weighted by molar-refractivity contribution is -0.165. The lowest BCUT2D eigenvalue weighted by atomic mass is 9.81. The van der Waals surface area contributed by atoms with E-state index in [1.807, 2.05) is 12.1 Å². The molecule has 0 amide bonds. The van der Waals surface area contributed by atoms with Gasteiger partial charge in [0.25, 0.3) is 0 Å². The van der Waals surface area contributed by atoms with E-state index in [4.69, 9.17) is 30.5 Å². The first-order valence-corrected chi connectivity index (χ1v) is 7.97. The molecule has 1 aromatic carbocycles. The van der Waals surface area contributed by atoms with E-state index < -0.39 is 17.4 Å². The highest BCUT2D eigenvalue weighted by Crippen LogP contribution is 2.33. The summed E-state index contributed by atoms with van der Waals surface area (Å²) in [7, 11) is 2.45. The number of hydrogen-bond acceptors (Lipinski definition) is 6. The van der Waals surface area contributed by atoms with Crippen molar-refractivity contribution in [2.75, 3.05) is 27.4 Å². The van der Waals surface area contributed by atoms with Crippen molar-refractivity contribution >= 4 is 23.5 Å². The number of rotatable bonds is 7. The zero-order valence-electron chi connectivity index (χ0n) is 14.0. The second kappa shape index (κ2) is 8.58. The Morgan fingerprint density at radius 2 is 1.72 bits per heavy atom. The molecular weight excluding hydrogens is 348 g/mol. The Hall–Kier alpha value is -2.47. The van der Waals surface area contributed by atoms with Gasteiger partial charge in [-0.05, 0) is 30.7 Å². The van der Waals surface area contributed by atoms with Crippen LogP contribution in [0.15, 0.2) is 48.3 Å². The summed E-state index contributed by atoms with van der Waals surface area (Å²) < 4.78 is 20.5.